The first-order valence-electron chi connectivity index (χ1n) is 11.5. The summed E-state index contributed by atoms with van der Waals surface area (Å²) >= 11 is 0. The highest BCUT2D eigenvalue weighted by atomic mass is 16.5. The van der Waals surface area contributed by atoms with Crippen LogP contribution in [0.2, 0.25) is 0 Å². The van der Waals surface area contributed by atoms with E-state index in [0.29, 0.717) is 50.4 Å². The molecule has 1 aromatic heterocycles. The van der Waals surface area contributed by atoms with Gasteiger partial charge in [0.1, 0.15) is 11.3 Å². The molecular formula is C28H27NO6. The maximum absolute atomic E-state index is 13.0. The summed E-state index contributed by atoms with van der Waals surface area (Å²) in [6, 6.07) is 15.8. The molecule has 0 bridgehead atoms. The van der Waals surface area contributed by atoms with Crippen LogP contribution in [0.1, 0.15) is 39.2 Å². The van der Waals surface area contributed by atoms with Gasteiger partial charge in [0, 0.05) is 23.0 Å². The number of dihydropyridines is 1. The van der Waals surface area contributed by atoms with Gasteiger partial charge in [0.05, 0.1) is 35.7 Å². The lowest BCUT2D eigenvalue weighted by Crippen LogP contribution is -2.32. The Kier molecular flexibility index (Phi) is 6.87. The Morgan fingerprint density at radius 3 is 2.14 bits per heavy atom. The Morgan fingerprint density at radius 2 is 1.51 bits per heavy atom. The van der Waals surface area contributed by atoms with E-state index in [1.807, 2.05) is 18.2 Å². The number of allylic oxidation sites excluding steroid dienone is 2. The second-order valence-corrected chi connectivity index (χ2v) is 8.17. The summed E-state index contributed by atoms with van der Waals surface area (Å²) in [5, 5.41) is 3.63. The zero-order valence-electron chi connectivity index (χ0n) is 20.1. The summed E-state index contributed by atoms with van der Waals surface area (Å²) in [4.78, 5) is 38.7. The van der Waals surface area contributed by atoms with E-state index >= 15 is 0 Å². The number of hydrogen-bond acceptors (Lipinski definition) is 7. The molecule has 0 unspecified atom stereocenters. The Balaban J connectivity index is 1.89. The molecule has 0 spiro atoms. The van der Waals surface area contributed by atoms with E-state index in [9.17, 15) is 14.4 Å². The molecule has 2 heterocycles. The van der Waals surface area contributed by atoms with E-state index < -0.39 is 17.9 Å². The minimum atomic E-state index is -0.721. The van der Waals surface area contributed by atoms with Gasteiger partial charge in [-0.3, -0.25) is 4.79 Å². The van der Waals surface area contributed by atoms with Crippen LogP contribution >= 0.6 is 0 Å². The minimum Gasteiger partial charge on any atom is -0.463 e. The van der Waals surface area contributed by atoms with Crippen molar-refractivity contribution in [2.24, 2.45) is 0 Å². The number of nitrogens with one attached hydrogen (secondary N) is 1. The van der Waals surface area contributed by atoms with Gasteiger partial charge in [0.25, 0.3) is 0 Å². The molecule has 0 atom stereocenters. The third-order valence-electron chi connectivity index (χ3n) is 5.89. The van der Waals surface area contributed by atoms with Gasteiger partial charge in [-0.05, 0) is 51.5 Å². The van der Waals surface area contributed by atoms with Crippen molar-refractivity contribution >= 4 is 22.9 Å². The average molecular weight is 474 g/mol. The van der Waals surface area contributed by atoms with Crippen molar-refractivity contribution in [2.45, 2.75) is 33.6 Å². The van der Waals surface area contributed by atoms with Crippen LogP contribution in [0.25, 0.3) is 22.3 Å². The molecule has 3 aromatic rings. The van der Waals surface area contributed by atoms with Crippen LogP contribution in [0.5, 0.6) is 0 Å². The third-order valence-corrected chi connectivity index (χ3v) is 5.89. The van der Waals surface area contributed by atoms with Crippen molar-refractivity contribution in [1.29, 1.82) is 0 Å². The van der Waals surface area contributed by atoms with Crippen molar-refractivity contribution in [2.75, 3.05) is 13.2 Å². The second-order valence-electron chi connectivity index (χ2n) is 8.17. The summed E-state index contributed by atoms with van der Waals surface area (Å²) in [5.74, 6) is -1.36. The van der Waals surface area contributed by atoms with Crippen molar-refractivity contribution in [3.8, 4) is 11.3 Å². The molecule has 35 heavy (non-hydrogen) atoms. The Morgan fingerprint density at radius 1 is 0.886 bits per heavy atom. The molecule has 0 amide bonds. The largest absolute Gasteiger partial charge is 0.463 e. The van der Waals surface area contributed by atoms with E-state index in [-0.39, 0.29) is 18.6 Å². The zero-order chi connectivity index (χ0) is 25.1. The predicted molar refractivity (Wildman–Crippen MR) is 132 cm³/mol. The first-order chi connectivity index (χ1) is 16.8. The van der Waals surface area contributed by atoms with Gasteiger partial charge in [-0.1, -0.05) is 30.3 Å². The lowest BCUT2D eigenvalue weighted by Gasteiger charge is -2.30. The SMILES string of the molecule is CCOC(=O)C1=C(C)NC(C)=C(C(=O)OCC)C1c1cccc(-c2cc(=O)c3ccccc3o2)c1. The monoisotopic (exact) mass is 473 g/mol. The van der Waals surface area contributed by atoms with Crippen molar-refractivity contribution in [3.63, 3.8) is 0 Å². The lowest BCUT2D eigenvalue weighted by atomic mass is 9.80. The highest BCUT2D eigenvalue weighted by molar-refractivity contribution is 6.00. The Bertz CT molecular complexity index is 1390. The molecule has 1 aliphatic heterocycles. The topological polar surface area (TPSA) is 94.8 Å². The van der Waals surface area contributed by atoms with Crippen LogP contribution in [-0.2, 0) is 19.1 Å². The fraction of sp³-hybridized carbons (Fsp3) is 0.250. The Labute approximate surface area is 203 Å². The number of para-hydroxylation sites is 1. The van der Waals surface area contributed by atoms with Gasteiger partial charge in [-0.15, -0.1) is 0 Å². The molecule has 0 saturated heterocycles. The molecule has 1 aliphatic rings. The number of esters is 2. The third kappa shape index (κ3) is 4.62. The first-order valence-corrected chi connectivity index (χ1v) is 11.5. The summed E-state index contributed by atoms with van der Waals surface area (Å²) < 4.78 is 16.7. The van der Waals surface area contributed by atoms with Gasteiger partial charge >= 0.3 is 11.9 Å². The molecule has 1 N–H and O–H groups in total. The number of carbonyl (C=O) groups is 2. The lowest BCUT2D eigenvalue weighted by molar-refractivity contribution is -0.139. The van der Waals surface area contributed by atoms with Crippen LogP contribution in [0.3, 0.4) is 0 Å². The van der Waals surface area contributed by atoms with E-state index in [0.717, 1.165) is 0 Å². The number of rotatable bonds is 6. The van der Waals surface area contributed by atoms with Gasteiger partial charge in [-0.2, -0.15) is 0 Å². The highest BCUT2D eigenvalue weighted by Gasteiger charge is 2.38. The molecule has 180 valence electrons. The molecule has 0 saturated carbocycles. The molecule has 7 heteroatoms. The Hall–Kier alpha value is -4.13. The minimum absolute atomic E-state index is 0.153. The summed E-state index contributed by atoms with van der Waals surface area (Å²) in [6.07, 6.45) is 0. The predicted octanol–water partition coefficient (Wildman–Crippen LogP) is 4.82. The normalized spacial score (nSPS) is 14.2. The summed E-state index contributed by atoms with van der Waals surface area (Å²) in [6.45, 7) is 7.40. The standard InChI is InChI=1S/C28H27NO6/c1-5-33-27(31)24-16(3)29-17(4)25(28(32)34-6-2)26(24)19-11-9-10-18(14-19)23-15-21(30)20-12-7-8-13-22(20)35-23/h7-15,26,29H,5-6H2,1-4H3. The van der Waals surface area contributed by atoms with E-state index in [2.05, 4.69) is 5.32 Å². The first kappa shape index (κ1) is 24.0. The molecule has 2 aromatic carbocycles. The van der Waals surface area contributed by atoms with Gasteiger partial charge in [-0.25, -0.2) is 9.59 Å². The van der Waals surface area contributed by atoms with E-state index in [1.54, 1.807) is 58.0 Å². The molecular weight excluding hydrogens is 446 g/mol. The highest BCUT2D eigenvalue weighted by Crippen LogP contribution is 2.40. The molecule has 7 nitrogen and oxygen atoms in total. The number of fused-ring (bicyclic) bond motifs is 1. The fourth-order valence-electron chi connectivity index (χ4n) is 4.40. The van der Waals surface area contributed by atoms with Crippen molar-refractivity contribution in [3.05, 3.63) is 92.9 Å². The van der Waals surface area contributed by atoms with Crippen LogP contribution < -0.4 is 10.7 Å². The van der Waals surface area contributed by atoms with Crippen molar-refractivity contribution < 1.29 is 23.5 Å². The fourth-order valence-corrected chi connectivity index (χ4v) is 4.40. The number of ether oxygens (including phenoxy) is 2. The van der Waals surface area contributed by atoms with Crippen LogP contribution in [0.4, 0.5) is 0 Å². The maximum atomic E-state index is 13.0. The average Bonchev–Trinajstić information content (AvgIpc) is 2.84. The van der Waals surface area contributed by atoms with Crippen LogP contribution in [-0.4, -0.2) is 25.2 Å². The van der Waals surface area contributed by atoms with Crippen LogP contribution in [0.15, 0.2) is 86.3 Å². The number of carbonyl (C=O) groups excluding carboxylic acids is 2. The van der Waals surface area contributed by atoms with Gasteiger partial charge in [0.15, 0.2) is 5.43 Å². The number of benzene rings is 2. The van der Waals surface area contributed by atoms with Crippen LogP contribution in [0, 0.1) is 0 Å². The molecule has 0 fully saturated rings. The second kappa shape index (κ2) is 10.0. The van der Waals surface area contributed by atoms with E-state index in [1.165, 1.54) is 6.07 Å². The molecule has 4 rings (SSSR count). The van der Waals surface area contributed by atoms with Gasteiger partial charge < -0.3 is 19.2 Å². The smallest absolute Gasteiger partial charge is 0.336 e. The summed E-state index contributed by atoms with van der Waals surface area (Å²) in [7, 11) is 0. The number of hydrogen-bond donors (Lipinski definition) is 1. The maximum Gasteiger partial charge on any atom is 0.336 e. The van der Waals surface area contributed by atoms with Gasteiger partial charge in [0.2, 0.25) is 0 Å². The van der Waals surface area contributed by atoms with Crippen molar-refractivity contribution in [1.82, 2.24) is 5.32 Å². The van der Waals surface area contributed by atoms with E-state index in [4.69, 9.17) is 13.9 Å². The zero-order valence-corrected chi connectivity index (χ0v) is 20.1. The molecule has 0 radical (unpaired) electrons. The molecule has 0 aliphatic carbocycles. The summed E-state index contributed by atoms with van der Waals surface area (Å²) in [5.41, 5.74) is 3.50. The quantitative estimate of drug-likeness (QED) is 0.513.